The maximum absolute atomic E-state index is 13.8. The fourth-order valence-electron chi connectivity index (χ4n) is 4.91. The molecule has 0 spiro atoms. The van der Waals surface area contributed by atoms with Crippen LogP contribution in [0.25, 0.3) is 17.2 Å². The van der Waals surface area contributed by atoms with Gasteiger partial charge < -0.3 is 24.4 Å². The highest BCUT2D eigenvalue weighted by Crippen LogP contribution is 2.29. The molecule has 0 aromatic heterocycles. The van der Waals surface area contributed by atoms with Gasteiger partial charge in [-0.15, -0.1) is 0 Å². The molecule has 1 N–H and O–H groups in total. The summed E-state index contributed by atoms with van der Waals surface area (Å²) in [6.45, 7) is 3.02. The van der Waals surface area contributed by atoms with Gasteiger partial charge in [-0.2, -0.15) is 0 Å². The average Bonchev–Trinajstić information content (AvgIpc) is 2.98. The van der Waals surface area contributed by atoms with Gasteiger partial charge in [0.05, 0.1) is 20.8 Å². The zero-order valence-corrected chi connectivity index (χ0v) is 23.0. The number of ether oxygens (including phenoxy) is 2. The van der Waals surface area contributed by atoms with E-state index >= 15 is 0 Å². The number of carbonyl (C=O) groups excluding carboxylic acids is 2. The van der Waals surface area contributed by atoms with Crippen molar-refractivity contribution in [1.29, 1.82) is 0 Å². The molecule has 0 unspecified atom stereocenters. The quantitative estimate of drug-likeness (QED) is 0.286. The lowest BCUT2D eigenvalue weighted by molar-refractivity contribution is -0.134. The Kier molecular flexibility index (Phi) is 9.22. The van der Waals surface area contributed by atoms with Crippen molar-refractivity contribution in [2.45, 2.75) is 26.3 Å². The topological polar surface area (TPSA) is 96.4 Å². The van der Waals surface area contributed by atoms with Gasteiger partial charge in [0, 0.05) is 30.8 Å². The molecular weight excluding hydrogens is 508 g/mol. The largest absolute Gasteiger partial charge is 0.496 e. The molecule has 2 amide bonds. The number of likely N-dealkylation sites (tertiary alicyclic amines) is 1. The molecule has 3 aromatic rings. The Morgan fingerprint density at radius 1 is 0.975 bits per heavy atom. The van der Waals surface area contributed by atoms with E-state index < -0.39 is 12.1 Å². The van der Waals surface area contributed by atoms with Crippen molar-refractivity contribution in [2.75, 3.05) is 32.2 Å². The minimum Gasteiger partial charge on any atom is -0.496 e. The molecule has 0 saturated carbocycles. The number of carboxylic acid groups (broad SMARTS) is 1. The minimum atomic E-state index is -0.958. The third-order valence-electron chi connectivity index (χ3n) is 7.20. The zero-order valence-electron chi connectivity index (χ0n) is 23.0. The summed E-state index contributed by atoms with van der Waals surface area (Å²) >= 11 is 0. The van der Waals surface area contributed by atoms with Crippen LogP contribution < -0.4 is 9.64 Å². The number of carbonyl (C=O) groups is 3. The Hall–Kier alpha value is -4.59. The molecule has 1 heterocycles. The van der Waals surface area contributed by atoms with Gasteiger partial charge in [0.1, 0.15) is 5.75 Å². The third kappa shape index (κ3) is 6.88. The van der Waals surface area contributed by atoms with Crippen molar-refractivity contribution in [1.82, 2.24) is 4.90 Å². The predicted molar refractivity (Wildman–Crippen MR) is 154 cm³/mol. The van der Waals surface area contributed by atoms with Crippen molar-refractivity contribution in [2.24, 2.45) is 5.92 Å². The summed E-state index contributed by atoms with van der Waals surface area (Å²) in [5.74, 6) is 0.0449. The summed E-state index contributed by atoms with van der Waals surface area (Å²) in [5.41, 5.74) is 5.60. The van der Waals surface area contributed by atoms with Crippen LogP contribution in [0, 0.1) is 12.8 Å². The maximum Gasteiger partial charge on any atom is 0.407 e. The minimum absolute atomic E-state index is 0.0472. The molecule has 8 nitrogen and oxygen atoms in total. The first-order valence-corrected chi connectivity index (χ1v) is 13.2. The highest BCUT2D eigenvalue weighted by Gasteiger charge is 2.31. The normalized spacial score (nSPS) is 13.7. The number of aryl methyl sites for hydroxylation is 1. The molecule has 1 aliphatic heterocycles. The number of hydrogen-bond donors (Lipinski definition) is 1. The van der Waals surface area contributed by atoms with E-state index in [4.69, 9.17) is 4.74 Å². The summed E-state index contributed by atoms with van der Waals surface area (Å²) in [5, 5.41) is 9.31. The Balaban J connectivity index is 1.60. The van der Waals surface area contributed by atoms with Crippen LogP contribution in [0.3, 0.4) is 0 Å². The average molecular weight is 543 g/mol. The number of hydrogen-bond acceptors (Lipinski definition) is 5. The van der Waals surface area contributed by atoms with E-state index in [1.54, 1.807) is 18.1 Å². The molecule has 3 aromatic carbocycles. The third-order valence-corrected chi connectivity index (χ3v) is 7.20. The molecule has 0 radical (unpaired) electrons. The summed E-state index contributed by atoms with van der Waals surface area (Å²) in [4.78, 5) is 39.9. The van der Waals surface area contributed by atoms with Crippen LogP contribution >= 0.6 is 0 Å². The van der Waals surface area contributed by atoms with E-state index in [1.165, 1.54) is 18.1 Å². The molecule has 8 heteroatoms. The van der Waals surface area contributed by atoms with Crippen LogP contribution in [0.4, 0.5) is 10.5 Å². The van der Waals surface area contributed by atoms with E-state index in [1.807, 2.05) is 67.6 Å². The number of methoxy groups -OCH3 is 2. The molecule has 1 aliphatic rings. The molecular formula is C32H34N2O6. The van der Waals surface area contributed by atoms with Crippen molar-refractivity contribution in [3.8, 4) is 16.9 Å². The molecule has 1 saturated heterocycles. The lowest BCUT2D eigenvalue weighted by atomic mass is 9.94. The van der Waals surface area contributed by atoms with Gasteiger partial charge in [0.25, 0.3) is 0 Å². The first-order valence-electron chi connectivity index (χ1n) is 13.2. The van der Waals surface area contributed by atoms with E-state index in [2.05, 4.69) is 10.8 Å². The van der Waals surface area contributed by atoms with Gasteiger partial charge in [0.15, 0.2) is 0 Å². The molecule has 1 fully saturated rings. The fraction of sp³-hybridized carbons (Fsp3) is 0.281. The summed E-state index contributed by atoms with van der Waals surface area (Å²) in [7, 11) is 2.98. The molecule has 0 bridgehead atoms. The van der Waals surface area contributed by atoms with Crippen LogP contribution in [0.1, 0.15) is 29.5 Å². The Morgan fingerprint density at radius 3 is 2.30 bits per heavy atom. The highest BCUT2D eigenvalue weighted by molar-refractivity contribution is 5.95. The standard InChI is InChI=1S/C32H34N2O6/c1-22-19-27(12-13-29(22)39-2)25-10-7-24(8-11-25)21-34(31(36)26-15-17-33(18-16-26)32(37)38)28-6-4-5-23(20-28)9-14-30(35)40-3/h4-14,19-20,26H,15-18,21H2,1-3H3,(H,37,38). The van der Waals surface area contributed by atoms with Gasteiger partial charge in [0.2, 0.25) is 5.91 Å². The van der Waals surface area contributed by atoms with Gasteiger partial charge in [-0.3, -0.25) is 4.79 Å². The lowest BCUT2D eigenvalue weighted by Gasteiger charge is -2.33. The number of benzene rings is 3. The monoisotopic (exact) mass is 542 g/mol. The summed E-state index contributed by atoms with van der Waals surface area (Å²) in [6, 6.07) is 21.6. The van der Waals surface area contributed by atoms with Crippen molar-refractivity contribution >= 4 is 29.7 Å². The molecule has 40 heavy (non-hydrogen) atoms. The first kappa shape index (κ1) is 28.4. The number of nitrogens with zero attached hydrogens (tertiary/aromatic N) is 2. The van der Waals surface area contributed by atoms with Crippen LogP contribution in [0.5, 0.6) is 5.75 Å². The first-order chi connectivity index (χ1) is 19.3. The van der Waals surface area contributed by atoms with Crippen LogP contribution in [0.15, 0.2) is 72.8 Å². The molecule has 208 valence electrons. The second-order valence-corrected chi connectivity index (χ2v) is 9.80. The maximum atomic E-state index is 13.8. The van der Waals surface area contributed by atoms with Gasteiger partial charge in [-0.25, -0.2) is 9.59 Å². The fourth-order valence-corrected chi connectivity index (χ4v) is 4.91. The second-order valence-electron chi connectivity index (χ2n) is 9.80. The SMILES string of the molecule is COC(=O)C=Cc1cccc(N(Cc2ccc(-c3ccc(OC)c(C)c3)cc2)C(=O)C2CCN(C(=O)O)CC2)c1. The Labute approximate surface area is 234 Å². The van der Waals surface area contributed by atoms with Gasteiger partial charge in [-0.05, 0) is 77.9 Å². The molecule has 4 rings (SSSR count). The Bertz CT molecular complexity index is 1390. The number of anilines is 1. The number of rotatable bonds is 8. The van der Waals surface area contributed by atoms with Crippen molar-refractivity contribution in [3.05, 3.63) is 89.5 Å². The van der Waals surface area contributed by atoms with Crippen molar-refractivity contribution in [3.63, 3.8) is 0 Å². The smallest absolute Gasteiger partial charge is 0.407 e. The molecule has 0 atom stereocenters. The zero-order chi connectivity index (χ0) is 28.6. The van der Waals surface area contributed by atoms with E-state index in [0.29, 0.717) is 38.2 Å². The van der Waals surface area contributed by atoms with Crippen molar-refractivity contribution < 1.29 is 29.0 Å². The van der Waals surface area contributed by atoms with E-state index in [-0.39, 0.29) is 11.8 Å². The number of amides is 2. The number of piperidine rings is 1. The van der Waals surface area contributed by atoms with E-state index in [0.717, 1.165) is 33.6 Å². The van der Waals surface area contributed by atoms with Gasteiger partial charge >= 0.3 is 12.1 Å². The molecule has 0 aliphatic carbocycles. The van der Waals surface area contributed by atoms with Gasteiger partial charge in [-0.1, -0.05) is 42.5 Å². The van der Waals surface area contributed by atoms with Crippen LogP contribution in [-0.2, 0) is 20.9 Å². The highest BCUT2D eigenvalue weighted by atomic mass is 16.5. The van der Waals surface area contributed by atoms with E-state index in [9.17, 15) is 19.5 Å². The number of esters is 1. The summed E-state index contributed by atoms with van der Waals surface area (Å²) < 4.78 is 10.1. The lowest BCUT2D eigenvalue weighted by Crippen LogP contribution is -2.44. The summed E-state index contributed by atoms with van der Waals surface area (Å²) in [6.07, 6.45) is 2.97. The predicted octanol–water partition coefficient (Wildman–Crippen LogP) is 5.78. The van der Waals surface area contributed by atoms with Crippen LogP contribution in [0.2, 0.25) is 0 Å². The van der Waals surface area contributed by atoms with Crippen LogP contribution in [-0.4, -0.2) is 55.3 Å². The second kappa shape index (κ2) is 13.0. The Morgan fingerprint density at radius 2 is 1.68 bits per heavy atom.